The molecular weight excluding hydrogens is 465 g/mol. The van der Waals surface area contributed by atoms with Gasteiger partial charge in [0.1, 0.15) is 11.7 Å². The molecule has 1 atom stereocenters. The molecule has 0 aliphatic carbocycles. The van der Waals surface area contributed by atoms with Crippen molar-refractivity contribution < 1.29 is 18.7 Å². The molecule has 180 valence electrons. The Morgan fingerprint density at radius 1 is 1.12 bits per heavy atom. The number of aliphatic hydroxyl groups is 1. The van der Waals surface area contributed by atoms with E-state index in [0.29, 0.717) is 17.9 Å². The van der Waals surface area contributed by atoms with E-state index in [4.69, 9.17) is 4.43 Å². The minimum atomic E-state index is -2.66. The normalized spacial score (nSPS) is 13.6. The first-order valence-corrected chi connectivity index (χ1v) is 14.1. The fraction of sp³-hybridized carbons (Fsp3) is 0.333. The van der Waals surface area contributed by atoms with E-state index in [0.717, 1.165) is 5.01 Å². The second kappa shape index (κ2) is 11.3. The lowest BCUT2D eigenvalue weighted by atomic mass is 10.1. The number of alkyl halides is 1. The molecule has 3 rings (SSSR count). The lowest BCUT2D eigenvalue weighted by Crippen LogP contribution is -2.66. The van der Waals surface area contributed by atoms with Gasteiger partial charge in [0, 0.05) is 11.8 Å². The molecule has 0 spiro atoms. The number of ketones is 1. The van der Waals surface area contributed by atoms with E-state index in [2.05, 4.69) is 74.3 Å². The van der Waals surface area contributed by atoms with Crippen molar-refractivity contribution in [2.45, 2.75) is 51.9 Å². The smallest absolute Gasteiger partial charge is 0.261 e. The molecule has 0 aliphatic rings. The van der Waals surface area contributed by atoms with E-state index >= 15 is 0 Å². The fourth-order valence-electron chi connectivity index (χ4n) is 4.15. The predicted molar refractivity (Wildman–Crippen MR) is 140 cm³/mol. The number of Topliss-reactive ketones (excluding diaryl/α,β-unsaturated/α-hetero) is 1. The summed E-state index contributed by atoms with van der Waals surface area (Å²) in [6.45, 7) is 7.72. The van der Waals surface area contributed by atoms with Crippen molar-refractivity contribution >= 4 is 41.9 Å². The zero-order valence-corrected chi connectivity index (χ0v) is 21.9. The molecule has 1 aromatic heterocycles. The van der Waals surface area contributed by atoms with Crippen LogP contribution in [0.25, 0.3) is 6.08 Å². The van der Waals surface area contributed by atoms with Gasteiger partial charge in [0.15, 0.2) is 5.78 Å². The molecule has 0 unspecified atom stereocenters. The summed E-state index contributed by atoms with van der Waals surface area (Å²) in [4.78, 5) is 16.0. The zero-order valence-electron chi connectivity index (χ0n) is 20.1. The number of hydrogen-bond acceptors (Lipinski definition) is 5. The number of nitrogens with zero attached hydrogens (tertiary/aromatic N) is 1. The summed E-state index contributed by atoms with van der Waals surface area (Å²) in [6, 6.07) is 20.9. The van der Waals surface area contributed by atoms with Crippen LogP contribution in [0, 0.1) is 0 Å². The van der Waals surface area contributed by atoms with Crippen LogP contribution in [-0.2, 0) is 15.8 Å². The number of thiazole rings is 1. The van der Waals surface area contributed by atoms with E-state index < -0.39 is 26.9 Å². The molecule has 7 heteroatoms. The van der Waals surface area contributed by atoms with Crippen molar-refractivity contribution in [2.75, 3.05) is 6.67 Å². The van der Waals surface area contributed by atoms with Gasteiger partial charge in [-0.3, -0.25) is 4.79 Å². The van der Waals surface area contributed by atoms with Gasteiger partial charge in [0.05, 0.1) is 18.4 Å². The second-order valence-corrected chi connectivity index (χ2v) is 14.6. The summed E-state index contributed by atoms with van der Waals surface area (Å²) in [5.74, 6) is -0.613. The summed E-state index contributed by atoms with van der Waals surface area (Å²) >= 11 is 1.50. The van der Waals surface area contributed by atoms with Crippen LogP contribution in [0.3, 0.4) is 0 Å². The molecule has 1 heterocycles. The van der Waals surface area contributed by atoms with Crippen LogP contribution >= 0.6 is 11.3 Å². The number of carbonyl (C=O) groups is 1. The summed E-state index contributed by atoms with van der Waals surface area (Å²) in [5.41, 5.74) is 1.27. The first kappa shape index (κ1) is 26.2. The number of rotatable bonds is 10. The molecule has 0 amide bonds. The third kappa shape index (κ3) is 5.96. The van der Waals surface area contributed by atoms with Gasteiger partial charge in [-0.05, 0) is 34.0 Å². The first-order chi connectivity index (χ1) is 16.2. The van der Waals surface area contributed by atoms with Crippen LogP contribution in [-0.4, -0.2) is 37.0 Å². The highest BCUT2D eigenvalue weighted by molar-refractivity contribution is 7.09. The Bertz CT molecular complexity index is 1070. The van der Waals surface area contributed by atoms with Crippen LogP contribution < -0.4 is 10.4 Å². The lowest BCUT2D eigenvalue weighted by Gasteiger charge is -2.42. The Morgan fingerprint density at radius 2 is 1.68 bits per heavy atom. The van der Waals surface area contributed by atoms with Gasteiger partial charge in [-0.1, -0.05) is 81.4 Å². The largest absolute Gasteiger partial charge is 0.401 e. The maximum Gasteiger partial charge on any atom is 0.261 e. The quantitative estimate of drug-likeness (QED) is 0.404. The number of hydrogen-bond donors (Lipinski definition) is 1. The third-order valence-corrected chi connectivity index (χ3v) is 11.7. The number of halogens is 1. The van der Waals surface area contributed by atoms with Gasteiger partial charge < -0.3 is 9.53 Å². The maximum absolute atomic E-state index is 12.4. The van der Waals surface area contributed by atoms with Crippen molar-refractivity contribution in [3.8, 4) is 0 Å². The van der Waals surface area contributed by atoms with Crippen molar-refractivity contribution in [3.05, 3.63) is 82.3 Å². The monoisotopic (exact) mass is 497 g/mol. The minimum absolute atomic E-state index is 0.126. The van der Waals surface area contributed by atoms with Gasteiger partial charge in [0.25, 0.3) is 8.32 Å². The first-order valence-electron chi connectivity index (χ1n) is 11.3. The zero-order chi connectivity index (χ0) is 24.8. The van der Waals surface area contributed by atoms with Crippen LogP contribution in [0.1, 0.15) is 44.8 Å². The van der Waals surface area contributed by atoms with Gasteiger partial charge >= 0.3 is 0 Å². The van der Waals surface area contributed by atoms with Crippen molar-refractivity contribution in [1.82, 2.24) is 4.98 Å². The maximum atomic E-state index is 12.4. The second-order valence-electron chi connectivity index (χ2n) is 9.40. The SMILES string of the molecule is C/C(=C\c1csc(CO[Si](c2ccccc2)(c2ccccc2)C(C)(C)C)n1)[C@H](O)CC(=O)CF. The molecule has 1 N–H and O–H groups in total. The van der Waals surface area contributed by atoms with Crippen molar-refractivity contribution in [1.29, 1.82) is 0 Å². The Hall–Kier alpha value is -2.45. The van der Waals surface area contributed by atoms with Crippen molar-refractivity contribution in [3.63, 3.8) is 0 Å². The fourth-order valence-corrected chi connectivity index (χ4v) is 9.43. The van der Waals surface area contributed by atoms with E-state index in [1.807, 2.05) is 17.5 Å². The summed E-state index contributed by atoms with van der Waals surface area (Å²) < 4.78 is 19.4. The van der Waals surface area contributed by atoms with Gasteiger partial charge in [-0.25, -0.2) is 9.37 Å². The molecule has 4 nitrogen and oxygen atoms in total. The molecule has 0 aliphatic heterocycles. The van der Waals surface area contributed by atoms with E-state index in [1.54, 1.807) is 13.0 Å². The highest BCUT2D eigenvalue weighted by Crippen LogP contribution is 2.37. The topological polar surface area (TPSA) is 59.4 Å². The molecule has 0 fully saturated rings. The van der Waals surface area contributed by atoms with Gasteiger partial charge in [0.2, 0.25) is 0 Å². The predicted octanol–water partition coefficient (Wildman–Crippen LogP) is 4.91. The van der Waals surface area contributed by atoms with E-state index in [9.17, 15) is 14.3 Å². The minimum Gasteiger partial charge on any atom is -0.401 e. The average molecular weight is 498 g/mol. The molecule has 3 aromatic rings. The lowest BCUT2D eigenvalue weighted by molar-refractivity contribution is -0.121. The Kier molecular flexibility index (Phi) is 8.71. The Labute approximate surface area is 206 Å². The molecule has 2 aromatic carbocycles. The van der Waals surface area contributed by atoms with Crippen LogP contribution in [0.2, 0.25) is 5.04 Å². The highest BCUT2D eigenvalue weighted by atomic mass is 32.1. The molecular formula is C27H32FNO3SSi. The molecule has 34 heavy (non-hydrogen) atoms. The summed E-state index contributed by atoms with van der Waals surface area (Å²) in [6.07, 6.45) is 0.493. The highest BCUT2D eigenvalue weighted by Gasteiger charge is 2.50. The van der Waals surface area contributed by atoms with E-state index in [-0.39, 0.29) is 11.5 Å². The number of aliphatic hydroxyl groups excluding tert-OH is 1. The van der Waals surface area contributed by atoms with Crippen LogP contribution in [0.15, 0.2) is 71.6 Å². The number of aromatic nitrogens is 1. The van der Waals surface area contributed by atoms with Gasteiger partial charge in [-0.15, -0.1) is 11.3 Å². The molecule has 0 radical (unpaired) electrons. The molecule has 0 bridgehead atoms. The average Bonchev–Trinajstić information content (AvgIpc) is 3.27. The number of benzene rings is 2. The van der Waals surface area contributed by atoms with Crippen LogP contribution in [0.5, 0.6) is 0 Å². The summed E-state index contributed by atoms with van der Waals surface area (Å²) in [5, 5.41) is 15.2. The van der Waals surface area contributed by atoms with Crippen molar-refractivity contribution in [2.24, 2.45) is 0 Å². The third-order valence-electron chi connectivity index (χ3n) is 5.87. The molecule has 0 saturated heterocycles. The summed E-state index contributed by atoms with van der Waals surface area (Å²) in [7, 11) is -2.66. The number of carbonyl (C=O) groups excluding carboxylic acids is 1. The Balaban J connectivity index is 1.88. The van der Waals surface area contributed by atoms with Gasteiger partial charge in [-0.2, -0.15) is 0 Å². The molecule has 0 saturated carbocycles. The Morgan fingerprint density at radius 3 is 2.18 bits per heavy atom. The van der Waals surface area contributed by atoms with Crippen LogP contribution in [0.4, 0.5) is 4.39 Å². The van der Waals surface area contributed by atoms with E-state index in [1.165, 1.54) is 21.7 Å². The standard InChI is InChI=1S/C27H32FNO3SSi/c1-20(25(31)16-22(30)17-28)15-21-19-33-26(29-21)18-32-34(27(2,3)4,23-11-7-5-8-12-23)24-13-9-6-10-14-24/h5-15,19,25,31H,16-18H2,1-4H3/b20-15+/t25-/m1/s1.